The Morgan fingerprint density at radius 3 is 2.76 bits per heavy atom. The van der Waals surface area contributed by atoms with Crippen LogP contribution in [0.3, 0.4) is 0 Å². The van der Waals surface area contributed by atoms with Crippen molar-refractivity contribution >= 4 is 16.3 Å². The van der Waals surface area contributed by atoms with Crippen LogP contribution in [0.5, 0.6) is 0 Å². The van der Waals surface area contributed by atoms with Gasteiger partial charge in [0.25, 0.3) is 0 Å². The normalized spacial score (nSPS) is 26.5. The number of hydrogen-bond acceptors (Lipinski definition) is 5. The molecule has 1 aliphatic heterocycles. The van der Waals surface area contributed by atoms with Gasteiger partial charge in [-0.25, -0.2) is 9.52 Å². The van der Waals surface area contributed by atoms with Crippen LogP contribution in [0.25, 0.3) is 0 Å². The van der Waals surface area contributed by atoms with Crippen molar-refractivity contribution in [3.63, 3.8) is 0 Å². The molecule has 0 radical (unpaired) electrons. The van der Waals surface area contributed by atoms with E-state index in [1.54, 1.807) is 18.6 Å². The van der Waals surface area contributed by atoms with Crippen molar-refractivity contribution in [1.82, 2.24) is 9.03 Å². The summed E-state index contributed by atoms with van der Waals surface area (Å²) in [6, 6.07) is 0. The fraction of sp³-hybridized carbons (Fsp3) is 0.889. The summed E-state index contributed by atoms with van der Waals surface area (Å²) in [5, 5.41) is 9.80. The number of β-amino-alcohol motifs (C(OH)–C–C–N with tert-alkyl or cyclic N) is 1. The van der Waals surface area contributed by atoms with Gasteiger partial charge < -0.3 is 9.84 Å². The number of carbonyl (C=O) groups excluding carboxylic acids is 1. The highest BCUT2D eigenvalue weighted by molar-refractivity contribution is 7.87. The van der Waals surface area contributed by atoms with Crippen LogP contribution in [-0.2, 0) is 14.9 Å². The minimum Gasteiger partial charge on any atom is -0.449 e. The molecule has 0 spiro atoms. The van der Waals surface area contributed by atoms with Crippen LogP contribution in [-0.4, -0.2) is 49.2 Å². The lowest BCUT2D eigenvalue weighted by Crippen LogP contribution is -2.53. The van der Waals surface area contributed by atoms with Crippen molar-refractivity contribution in [3.8, 4) is 0 Å². The van der Waals surface area contributed by atoms with Crippen LogP contribution in [0.2, 0.25) is 0 Å². The maximum absolute atomic E-state index is 11.8. The van der Waals surface area contributed by atoms with Gasteiger partial charge in [-0.15, -0.1) is 0 Å². The summed E-state index contributed by atoms with van der Waals surface area (Å²) in [5.41, 5.74) is -1.05. The first-order chi connectivity index (χ1) is 7.77. The van der Waals surface area contributed by atoms with Gasteiger partial charge in [0.05, 0.1) is 12.2 Å². The van der Waals surface area contributed by atoms with Crippen LogP contribution in [0.15, 0.2) is 0 Å². The molecule has 0 aliphatic carbocycles. The highest BCUT2D eigenvalue weighted by Crippen LogP contribution is 2.21. The summed E-state index contributed by atoms with van der Waals surface area (Å²) >= 11 is 0. The zero-order chi connectivity index (χ0) is 13.1. The zero-order valence-electron chi connectivity index (χ0n) is 9.97. The molecule has 0 bridgehead atoms. The lowest BCUT2D eigenvalue weighted by atomic mass is 9.97. The Hall–Kier alpha value is -0.860. The standard InChI is InChI=1S/C9H18N2O5S/c1-3-16-8(12)10-17(14,15)11-6-4-5-9(2,13)7-11/h13H,3-7H2,1-2H3,(H,10,12). The topological polar surface area (TPSA) is 95.9 Å². The molecule has 1 fully saturated rings. The van der Waals surface area contributed by atoms with E-state index in [4.69, 9.17) is 0 Å². The Morgan fingerprint density at radius 2 is 2.24 bits per heavy atom. The highest BCUT2D eigenvalue weighted by Gasteiger charge is 2.35. The van der Waals surface area contributed by atoms with Crippen LogP contribution < -0.4 is 4.72 Å². The van der Waals surface area contributed by atoms with Crippen LogP contribution in [0.4, 0.5) is 4.79 Å². The lowest BCUT2D eigenvalue weighted by molar-refractivity contribution is 0.00901. The second-order valence-corrected chi connectivity index (χ2v) is 5.93. The maximum atomic E-state index is 11.8. The molecule has 100 valence electrons. The number of piperidine rings is 1. The Labute approximate surface area is 101 Å². The van der Waals surface area contributed by atoms with Gasteiger partial charge >= 0.3 is 16.3 Å². The summed E-state index contributed by atoms with van der Waals surface area (Å²) in [4.78, 5) is 11.1. The fourth-order valence-electron chi connectivity index (χ4n) is 1.71. The number of ether oxygens (including phenoxy) is 1. The lowest BCUT2D eigenvalue weighted by Gasteiger charge is -2.35. The molecule has 1 aliphatic rings. The smallest absolute Gasteiger partial charge is 0.421 e. The second-order valence-electron chi connectivity index (χ2n) is 4.26. The predicted octanol–water partition coefficient (Wildman–Crippen LogP) is -0.176. The second kappa shape index (κ2) is 5.19. The van der Waals surface area contributed by atoms with Crippen molar-refractivity contribution in [3.05, 3.63) is 0 Å². The van der Waals surface area contributed by atoms with E-state index in [2.05, 4.69) is 4.74 Å². The molecular formula is C9H18N2O5S. The van der Waals surface area contributed by atoms with E-state index >= 15 is 0 Å². The Balaban J connectivity index is 2.67. The molecule has 1 saturated heterocycles. The fourth-order valence-corrected chi connectivity index (χ4v) is 2.93. The largest absolute Gasteiger partial charge is 0.449 e. The minimum atomic E-state index is -3.93. The first kappa shape index (κ1) is 14.2. The van der Waals surface area contributed by atoms with Crippen molar-refractivity contribution in [2.24, 2.45) is 0 Å². The number of aliphatic hydroxyl groups is 1. The van der Waals surface area contributed by atoms with Crippen molar-refractivity contribution in [2.75, 3.05) is 19.7 Å². The molecule has 1 unspecified atom stereocenters. The molecule has 1 atom stereocenters. The summed E-state index contributed by atoms with van der Waals surface area (Å²) in [6.45, 7) is 3.50. The van der Waals surface area contributed by atoms with Crippen molar-refractivity contribution < 1.29 is 23.1 Å². The van der Waals surface area contributed by atoms with E-state index in [1.165, 1.54) is 0 Å². The molecule has 8 heteroatoms. The van der Waals surface area contributed by atoms with Gasteiger partial charge in [0, 0.05) is 13.1 Å². The van der Waals surface area contributed by atoms with Gasteiger partial charge in [-0.1, -0.05) is 0 Å². The number of amides is 1. The van der Waals surface area contributed by atoms with Crippen molar-refractivity contribution in [1.29, 1.82) is 0 Å². The summed E-state index contributed by atoms with van der Waals surface area (Å²) in [5.74, 6) is 0. The van der Waals surface area contributed by atoms with E-state index < -0.39 is 21.9 Å². The first-order valence-corrected chi connectivity index (χ1v) is 6.88. The van der Waals surface area contributed by atoms with Gasteiger partial charge in [0.1, 0.15) is 0 Å². The average Bonchev–Trinajstić information content (AvgIpc) is 2.15. The highest BCUT2D eigenvalue weighted by atomic mass is 32.2. The van der Waals surface area contributed by atoms with Gasteiger partial charge in [-0.3, -0.25) is 0 Å². The van der Waals surface area contributed by atoms with E-state index in [9.17, 15) is 18.3 Å². The molecule has 0 saturated carbocycles. The Bertz CT molecular complexity index is 379. The number of rotatable bonds is 3. The summed E-state index contributed by atoms with van der Waals surface area (Å²) < 4.78 is 30.9. The maximum Gasteiger partial charge on any atom is 0.421 e. The Kier molecular flexibility index (Phi) is 4.34. The molecule has 17 heavy (non-hydrogen) atoms. The number of nitrogens with zero attached hydrogens (tertiary/aromatic N) is 1. The van der Waals surface area contributed by atoms with E-state index in [0.717, 1.165) is 4.31 Å². The van der Waals surface area contributed by atoms with Crippen molar-refractivity contribution in [2.45, 2.75) is 32.3 Å². The minimum absolute atomic E-state index is 0.0261. The average molecular weight is 266 g/mol. The van der Waals surface area contributed by atoms with E-state index in [-0.39, 0.29) is 19.7 Å². The number of nitrogens with one attached hydrogen (secondary N) is 1. The predicted molar refractivity (Wildman–Crippen MR) is 60.5 cm³/mol. The molecule has 0 aromatic carbocycles. The number of hydrogen-bond donors (Lipinski definition) is 2. The molecule has 1 heterocycles. The third-order valence-electron chi connectivity index (χ3n) is 2.47. The van der Waals surface area contributed by atoms with Gasteiger partial charge in [0.15, 0.2) is 0 Å². The quantitative estimate of drug-likeness (QED) is 0.739. The van der Waals surface area contributed by atoms with E-state index in [0.29, 0.717) is 12.8 Å². The molecule has 1 amide bonds. The molecule has 2 N–H and O–H groups in total. The molecule has 7 nitrogen and oxygen atoms in total. The number of carbonyl (C=O) groups is 1. The summed E-state index contributed by atoms with van der Waals surface area (Å²) in [7, 11) is -3.93. The molecular weight excluding hydrogens is 248 g/mol. The molecule has 0 aromatic rings. The molecule has 1 rings (SSSR count). The van der Waals surface area contributed by atoms with Crippen LogP contribution in [0.1, 0.15) is 26.7 Å². The van der Waals surface area contributed by atoms with Gasteiger partial charge in [-0.2, -0.15) is 12.7 Å². The third-order valence-corrected chi connectivity index (χ3v) is 3.88. The Morgan fingerprint density at radius 1 is 1.59 bits per heavy atom. The van der Waals surface area contributed by atoms with E-state index in [1.807, 2.05) is 0 Å². The first-order valence-electron chi connectivity index (χ1n) is 5.44. The van der Waals surface area contributed by atoms with Gasteiger partial charge in [-0.05, 0) is 26.7 Å². The van der Waals surface area contributed by atoms with Crippen LogP contribution in [0, 0.1) is 0 Å². The SMILES string of the molecule is CCOC(=O)NS(=O)(=O)N1CCCC(C)(O)C1. The third kappa shape index (κ3) is 4.14. The summed E-state index contributed by atoms with van der Waals surface area (Å²) in [6.07, 6.45) is 0.0903. The molecule has 0 aromatic heterocycles. The van der Waals surface area contributed by atoms with Gasteiger partial charge in [0.2, 0.25) is 0 Å². The zero-order valence-corrected chi connectivity index (χ0v) is 10.8. The van der Waals surface area contributed by atoms with Crippen LogP contribution >= 0.6 is 0 Å². The monoisotopic (exact) mass is 266 g/mol.